The van der Waals surface area contributed by atoms with Gasteiger partial charge in [-0.25, -0.2) is 8.42 Å². The zero-order valence-corrected chi connectivity index (χ0v) is 16.1. The third-order valence-electron chi connectivity index (χ3n) is 4.99. The van der Waals surface area contributed by atoms with Gasteiger partial charge in [0.25, 0.3) is 0 Å². The van der Waals surface area contributed by atoms with Crippen LogP contribution in [0.2, 0.25) is 0 Å². The Morgan fingerprint density at radius 1 is 1.15 bits per heavy atom. The lowest BCUT2D eigenvalue weighted by molar-refractivity contribution is 0.0753. The van der Waals surface area contributed by atoms with Crippen LogP contribution in [0, 0.1) is 5.92 Å². The Bertz CT molecular complexity index is 957. The predicted molar refractivity (Wildman–Crippen MR) is 100 cm³/mol. The van der Waals surface area contributed by atoms with Crippen molar-refractivity contribution in [1.29, 1.82) is 0 Å². The van der Waals surface area contributed by atoms with Crippen LogP contribution in [-0.2, 0) is 16.4 Å². The van der Waals surface area contributed by atoms with E-state index in [9.17, 15) is 13.5 Å². The minimum absolute atomic E-state index is 0.136. The molecule has 2 aliphatic heterocycles. The Morgan fingerprint density at radius 3 is 2.67 bits per heavy atom. The highest BCUT2D eigenvalue weighted by atomic mass is 32.2. The molecule has 27 heavy (non-hydrogen) atoms. The van der Waals surface area contributed by atoms with Crippen molar-refractivity contribution in [2.24, 2.45) is 5.92 Å². The van der Waals surface area contributed by atoms with Gasteiger partial charge in [0.2, 0.25) is 16.8 Å². The highest BCUT2D eigenvalue weighted by Crippen LogP contribution is 2.39. The summed E-state index contributed by atoms with van der Waals surface area (Å²) in [6.45, 7) is 4.48. The molecule has 0 saturated heterocycles. The van der Waals surface area contributed by atoms with Crippen molar-refractivity contribution >= 4 is 10.0 Å². The summed E-state index contributed by atoms with van der Waals surface area (Å²) in [6, 6.07) is 11.7. The molecule has 2 aliphatic rings. The molecular weight excluding hydrogens is 366 g/mol. The zero-order chi connectivity index (χ0) is 19.2. The van der Waals surface area contributed by atoms with E-state index in [1.165, 1.54) is 4.31 Å². The quantitative estimate of drug-likeness (QED) is 0.870. The molecule has 0 spiro atoms. The number of benzene rings is 2. The highest BCUT2D eigenvalue weighted by Gasteiger charge is 2.43. The maximum atomic E-state index is 13.2. The third-order valence-corrected chi connectivity index (χ3v) is 6.95. The molecule has 2 heterocycles. The Balaban J connectivity index is 1.75. The van der Waals surface area contributed by atoms with E-state index in [0.717, 1.165) is 5.56 Å². The van der Waals surface area contributed by atoms with Crippen molar-refractivity contribution in [3.05, 3.63) is 53.6 Å². The molecule has 0 radical (unpaired) electrons. The lowest BCUT2D eigenvalue weighted by Crippen LogP contribution is -2.50. The molecule has 0 aromatic heterocycles. The number of nitrogens with zero attached hydrogens (tertiary/aromatic N) is 1. The third kappa shape index (κ3) is 3.20. The lowest BCUT2D eigenvalue weighted by atomic mass is 9.95. The van der Waals surface area contributed by atoms with Gasteiger partial charge >= 0.3 is 0 Å². The molecule has 2 atom stereocenters. The van der Waals surface area contributed by atoms with E-state index in [4.69, 9.17) is 9.47 Å². The summed E-state index contributed by atoms with van der Waals surface area (Å²) < 4.78 is 38.7. The van der Waals surface area contributed by atoms with Crippen molar-refractivity contribution in [3.63, 3.8) is 0 Å². The van der Waals surface area contributed by atoms with Crippen molar-refractivity contribution < 1.29 is 23.0 Å². The first-order valence-corrected chi connectivity index (χ1v) is 10.5. The molecule has 0 aliphatic carbocycles. The minimum atomic E-state index is -3.67. The topological polar surface area (TPSA) is 76.1 Å². The van der Waals surface area contributed by atoms with Gasteiger partial charge < -0.3 is 14.6 Å². The number of sulfonamides is 1. The standard InChI is InChI=1S/C20H23NO5S/c1-13(2)11-21-16(9-14-7-8-17-18(10-14)26-12-25-17)20(22)15-5-3-4-6-19(15)27(21,23)24/h3-8,10,13,16,20,22H,9,11-12H2,1-2H3/t16-,20+/m0/s1. The predicted octanol–water partition coefficient (Wildman–Crippen LogP) is 2.72. The maximum Gasteiger partial charge on any atom is 0.243 e. The zero-order valence-electron chi connectivity index (χ0n) is 15.3. The Hall–Kier alpha value is -2.09. The van der Waals surface area contributed by atoms with E-state index in [-0.39, 0.29) is 17.6 Å². The maximum absolute atomic E-state index is 13.2. The summed E-state index contributed by atoms with van der Waals surface area (Å²) in [5.41, 5.74) is 1.36. The van der Waals surface area contributed by atoms with Crippen molar-refractivity contribution in [2.75, 3.05) is 13.3 Å². The summed E-state index contributed by atoms with van der Waals surface area (Å²) in [4.78, 5) is 0.195. The average Bonchev–Trinajstić information content (AvgIpc) is 3.10. The first kappa shape index (κ1) is 18.3. The summed E-state index contributed by atoms with van der Waals surface area (Å²) >= 11 is 0. The summed E-state index contributed by atoms with van der Waals surface area (Å²) in [5, 5.41) is 11.0. The first-order chi connectivity index (χ1) is 12.9. The second-order valence-electron chi connectivity index (χ2n) is 7.41. The van der Waals surface area contributed by atoms with Crippen LogP contribution in [0.4, 0.5) is 0 Å². The van der Waals surface area contributed by atoms with E-state index < -0.39 is 22.2 Å². The fourth-order valence-electron chi connectivity index (χ4n) is 3.75. The normalized spacial score (nSPS) is 23.4. The number of aliphatic hydroxyl groups is 1. The van der Waals surface area contributed by atoms with Crippen LogP contribution in [0.15, 0.2) is 47.4 Å². The molecule has 0 saturated carbocycles. The minimum Gasteiger partial charge on any atom is -0.454 e. The molecule has 0 fully saturated rings. The van der Waals surface area contributed by atoms with Crippen molar-refractivity contribution in [2.45, 2.75) is 37.3 Å². The molecule has 0 bridgehead atoms. The van der Waals surface area contributed by atoms with Gasteiger partial charge in [0.15, 0.2) is 11.5 Å². The van der Waals surface area contributed by atoms with Gasteiger partial charge in [0.05, 0.1) is 17.0 Å². The van der Waals surface area contributed by atoms with Crippen LogP contribution in [0.5, 0.6) is 11.5 Å². The number of fused-ring (bicyclic) bond motifs is 2. The van der Waals surface area contributed by atoms with E-state index in [0.29, 0.717) is 30.0 Å². The monoisotopic (exact) mass is 389 g/mol. The molecule has 7 heteroatoms. The summed E-state index contributed by atoms with van der Waals surface area (Å²) in [6.07, 6.45) is -0.508. The van der Waals surface area contributed by atoms with E-state index >= 15 is 0 Å². The van der Waals surface area contributed by atoms with E-state index in [1.54, 1.807) is 24.3 Å². The number of rotatable bonds is 4. The van der Waals surface area contributed by atoms with Gasteiger partial charge in [0, 0.05) is 12.1 Å². The van der Waals surface area contributed by atoms with Gasteiger partial charge in [-0.15, -0.1) is 0 Å². The molecular formula is C20H23NO5S. The molecule has 6 nitrogen and oxygen atoms in total. The van der Waals surface area contributed by atoms with Crippen LogP contribution in [-0.4, -0.2) is 37.2 Å². The second kappa shape index (κ2) is 6.82. The first-order valence-electron chi connectivity index (χ1n) is 9.05. The summed E-state index contributed by atoms with van der Waals surface area (Å²) in [5.74, 6) is 1.47. The number of ether oxygens (including phenoxy) is 2. The highest BCUT2D eigenvalue weighted by molar-refractivity contribution is 7.89. The summed E-state index contributed by atoms with van der Waals surface area (Å²) in [7, 11) is -3.67. The average molecular weight is 389 g/mol. The van der Waals surface area contributed by atoms with E-state index in [2.05, 4.69) is 0 Å². The fraction of sp³-hybridized carbons (Fsp3) is 0.400. The molecule has 0 amide bonds. The van der Waals surface area contributed by atoms with Crippen LogP contribution >= 0.6 is 0 Å². The number of hydrogen-bond acceptors (Lipinski definition) is 5. The molecule has 144 valence electrons. The molecule has 2 aromatic rings. The van der Waals surface area contributed by atoms with Crippen LogP contribution in [0.25, 0.3) is 0 Å². The largest absolute Gasteiger partial charge is 0.454 e. The number of aliphatic hydroxyl groups excluding tert-OH is 1. The van der Waals surface area contributed by atoms with Crippen LogP contribution < -0.4 is 9.47 Å². The molecule has 2 aromatic carbocycles. The Kier molecular flexibility index (Phi) is 4.61. The molecule has 4 rings (SSSR count). The molecule has 0 unspecified atom stereocenters. The second-order valence-corrected chi connectivity index (χ2v) is 9.27. The van der Waals surface area contributed by atoms with Gasteiger partial charge in [-0.05, 0) is 36.1 Å². The van der Waals surface area contributed by atoms with Crippen molar-refractivity contribution in [3.8, 4) is 11.5 Å². The van der Waals surface area contributed by atoms with Crippen LogP contribution in [0.1, 0.15) is 31.1 Å². The van der Waals surface area contributed by atoms with Crippen LogP contribution in [0.3, 0.4) is 0 Å². The van der Waals surface area contributed by atoms with Gasteiger partial charge in [-0.1, -0.05) is 38.1 Å². The van der Waals surface area contributed by atoms with Gasteiger partial charge in [-0.3, -0.25) is 0 Å². The fourth-order valence-corrected chi connectivity index (χ4v) is 5.78. The Labute approximate surface area is 159 Å². The SMILES string of the molecule is CC(C)CN1[C@@H](Cc2ccc3c(c2)OCO3)[C@H](O)c2ccccc2S1(=O)=O. The van der Waals surface area contributed by atoms with Crippen molar-refractivity contribution in [1.82, 2.24) is 4.31 Å². The van der Waals surface area contributed by atoms with E-state index in [1.807, 2.05) is 32.0 Å². The van der Waals surface area contributed by atoms with Gasteiger partial charge in [0.1, 0.15) is 0 Å². The lowest BCUT2D eigenvalue weighted by Gasteiger charge is -2.40. The number of hydrogen-bond donors (Lipinski definition) is 1. The molecule has 1 N–H and O–H groups in total. The van der Waals surface area contributed by atoms with Gasteiger partial charge in [-0.2, -0.15) is 4.31 Å². The Morgan fingerprint density at radius 2 is 1.89 bits per heavy atom. The smallest absolute Gasteiger partial charge is 0.243 e.